The number of benzene rings is 1. The first-order chi connectivity index (χ1) is 16.6. The van der Waals surface area contributed by atoms with Gasteiger partial charge < -0.3 is 15.0 Å². The number of anilines is 1. The first-order valence-corrected chi connectivity index (χ1v) is 13.2. The molecule has 0 spiro atoms. The van der Waals surface area contributed by atoms with Gasteiger partial charge >= 0.3 is 6.09 Å². The summed E-state index contributed by atoms with van der Waals surface area (Å²) in [6.07, 6.45) is 3.53. The lowest BCUT2D eigenvalue weighted by Gasteiger charge is -2.29. The zero-order valence-corrected chi connectivity index (χ0v) is 20.7. The van der Waals surface area contributed by atoms with Crippen LogP contribution in [0.3, 0.4) is 0 Å². The van der Waals surface area contributed by atoms with Crippen LogP contribution in [0.15, 0.2) is 40.2 Å². The molecule has 1 aromatic heterocycles. The Morgan fingerprint density at radius 1 is 1.14 bits per heavy atom. The van der Waals surface area contributed by atoms with E-state index < -0.39 is 21.9 Å². The minimum atomic E-state index is -3.74. The number of nitrogens with zero attached hydrogens (tertiary/aromatic N) is 3. The summed E-state index contributed by atoms with van der Waals surface area (Å²) >= 11 is 6.16. The van der Waals surface area contributed by atoms with Gasteiger partial charge in [0, 0.05) is 32.1 Å². The maximum Gasteiger partial charge on any atom is 0.407 e. The van der Waals surface area contributed by atoms with E-state index in [4.69, 9.17) is 16.3 Å². The van der Waals surface area contributed by atoms with Crippen molar-refractivity contribution < 1.29 is 22.3 Å². The molecule has 1 saturated carbocycles. The Labute approximate surface area is 207 Å². The first-order valence-electron chi connectivity index (χ1n) is 11.3. The molecule has 4 rings (SSSR count). The number of rotatable bonds is 6. The molecule has 2 fully saturated rings. The molecule has 1 aromatic carbocycles. The van der Waals surface area contributed by atoms with Crippen molar-refractivity contribution in [1.29, 1.82) is 0 Å². The van der Waals surface area contributed by atoms with E-state index in [-0.39, 0.29) is 33.7 Å². The number of sulfonamides is 1. The molecule has 13 heteroatoms. The standard InChI is InChI=1S/C22H27ClFN5O5S/c1-28-21(30)20(23)19(12-25-28)29-11-10-17(13-29)34-22(31)26-15-4-6-16(7-5-15)27-35(32,33)18-8-2-14(24)3-9-18/h2-3,8-9,12,15-17,27H,4-7,10-11,13H2,1H3,(H,26,31)/t15-,16-,17-/m1/s1. The van der Waals surface area contributed by atoms with Crippen molar-refractivity contribution in [2.24, 2.45) is 7.05 Å². The van der Waals surface area contributed by atoms with Crippen LogP contribution in [0, 0.1) is 5.82 Å². The molecule has 190 valence electrons. The molecule has 35 heavy (non-hydrogen) atoms. The lowest BCUT2D eigenvalue weighted by atomic mass is 9.92. The Morgan fingerprint density at radius 2 is 1.80 bits per heavy atom. The fraction of sp³-hybridized carbons (Fsp3) is 0.500. The summed E-state index contributed by atoms with van der Waals surface area (Å²) in [6.45, 7) is 0.978. The highest BCUT2D eigenvalue weighted by Gasteiger charge is 2.30. The van der Waals surface area contributed by atoms with E-state index in [9.17, 15) is 22.4 Å². The molecule has 1 saturated heterocycles. The van der Waals surface area contributed by atoms with Gasteiger partial charge in [0.15, 0.2) is 0 Å². The number of amides is 1. The molecule has 1 atom stereocenters. The number of nitrogens with one attached hydrogen (secondary N) is 2. The number of hydrogen-bond donors (Lipinski definition) is 2. The van der Waals surface area contributed by atoms with Crippen LogP contribution in [-0.2, 0) is 21.8 Å². The van der Waals surface area contributed by atoms with Crippen LogP contribution in [0.25, 0.3) is 0 Å². The number of carbonyl (C=O) groups is 1. The summed E-state index contributed by atoms with van der Waals surface area (Å²) in [5.41, 5.74) is 0.129. The predicted octanol–water partition coefficient (Wildman–Crippen LogP) is 2.17. The Hall–Kier alpha value is -2.70. The molecule has 1 aliphatic carbocycles. The zero-order chi connectivity index (χ0) is 25.2. The van der Waals surface area contributed by atoms with Gasteiger partial charge in [-0.15, -0.1) is 0 Å². The molecule has 0 radical (unpaired) electrons. The Kier molecular flexibility index (Phi) is 7.62. The predicted molar refractivity (Wildman–Crippen MR) is 127 cm³/mol. The lowest BCUT2D eigenvalue weighted by Crippen LogP contribution is -2.44. The number of aromatic nitrogens is 2. The van der Waals surface area contributed by atoms with Crippen LogP contribution in [0.4, 0.5) is 14.9 Å². The maximum absolute atomic E-state index is 13.1. The van der Waals surface area contributed by atoms with Crippen molar-refractivity contribution in [3.63, 3.8) is 0 Å². The summed E-state index contributed by atoms with van der Waals surface area (Å²) < 4.78 is 47.4. The van der Waals surface area contributed by atoms with Crippen LogP contribution in [0.5, 0.6) is 0 Å². The highest BCUT2D eigenvalue weighted by atomic mass is 35.5. The van der Waals surface area contributed by atoms with Gasteiger partial charge in [0.1, 0.15) is 16.9 Å². The highest BCUT2D eigenvalue weighted by Crippen LogP contribution is 2.26. The second kappa shape index (κ2) is 10.5. The largest absolute Gasteiger partial charge is 0.444 e. The lowest BCUT2D eigenvalue weighted by molar-refractivity contribution is 0.102. The fourth-order valence-electron chi connectivity index (χ4n) is 4.37. The van der Waals surface area contributed by atoms with E-state index in [0.717, 1.165) is 16.8 Å². The molecule has 2 aliphatic rings. The maximum atomic E-state index is 13.1. The molecular weight excluding hydrogens is 501 g/mol. The van der Waals surface area contributed by atoms with Gasteiger partial charge in [-0.3, -0.25) is 4.79 Å². The molecule has 2 heterocycles. The van der Waals surface area contributed by atoms with Crippen molar-refractivity contribution in [3.8, 4) is 0 Å². The fourth-order valence-corrected chi connectivity index (χ4v) is 5.97. The van der Waals surface area contributed by atoms with Gasteiger partial charge in [-0.25, -0.2) is 27.0 Å². The second-order valence-corrected chi connectivity index (χ2v) is 10.9. The Balaban J connectivity index is 1.22. The second-order valence-electron chi connectivity index (χ2n) is 8.80. The molecule has 0 unspecified atom stereocenters. The summed E-state index contributed by atoms with van der Waals surface area (Å²) in [4.78, 5) is 26.3. The van der Waals surface area contributed by atoms with Crippen LogP contribution >= 0.6 is 11.6 Å². The topological polar surface area (TPSA) is 123 Å². The minimum absolute atomic E-state index is 0.0151. The number of ether oxygens (including phenoxy) is 1. The summed E-state index contributed by atoms with van der Waals surface area (Å²) in [5.74, 6) is -0.501. The Morgan fingerprint density at radius 3 is 2.49 bits per heavy atom. The van der Waals surface area contributed by atoms with Gasteiger partial charge in [-0.05, 0) is 49.9 Å². The summed E-state index contributed by atoms with van der Waals surface area (Å²) in [6, 6.07) is 4.29. The summed E-state index contributed by atoms with van der Waals surface area (Å²) in [7, 11) is -2.22. The van der Waals surface area contributed by atoms with Crippen LogP contribution in [-0.4, -0.2) is 55.6 Å². The molecule has 1 aliphatic heterocycles. The Bertz CT molecular complexity index is 1230. The molecular formula is C22H27ClFN5O5S. The average Bonchev–Trinajstić information content (AvgIpc) is 3.27. The van der Waals surface area contributed by atoms with Crippen molar-refractivity contribution >= 4 is 33.4 Å². The minimum Gasteiger partial charge on any atom is -0.444 e. The van der Waals surface area contributed by atoms with Crippen molar-refractivity contribution in [2.45, 2.75) is 55.2 Å². The average molecular weight is 528 g/mol. The van der Waals surface area contributed by atoms with Crippen molar-refractivity contribution in [2.75, 3.05) is 18.0 Å². The van der Waals surface area contributed by atoms with Crippen LogP contribution < -0.4 is 20.5 Å². The number of alkyl carbamates (subject to hydrolysis) is 1. The zero-order valence-electron chi connectivity index (χ0n) is 19.1. The third kappa shape index (κ3) is 6.11. The van der Waals surface area contributed by atoms with Crippen LogP contribution in [0.2, 0.25) is 5.02 Å². The van der Waals surface area contributed by atoms with Crippen molar-refractivity contribution in [3.05, 3.63) is 51.7 Å². The number of carbonyl (C=O) groups excluding carboxylic acids is 1. The molecule has 10 nitrogen and oxygen atoms in total. The van der Waals surface area contributed by atoms with E-state index in [2.05, 4.69) is 15.1 Å². The van der Waals surface area contributed by atoms with Gasteiger partial charge in [0.25, 0.3) is 5.56 Å². The number of aryl methyl sites for hydroxylation is 1. The van der Waals surface area contributed by atoms with Crippen molar-refractivity contribution in [1.82, 2.24) is 19.8 Å². The third-order valence-corrected chi connectivity index (χ3v) is 8.21. The molecule has 1 amide bonds. The molecule has 0 bridgehead atoms. The van der Waals surface area contributed by atoms with Gasteiger partial charge in [-0.1, -0.05) is 11.6 Å². The van der Waals surface area contributed by atoms with E-state index in [0.29, 0.717) is 50.9 Å². The quantitative estimate of drug-likeness (QED) is 0.590. The van der Waals surface area contributed by atoms with E-state index in [1.165, 1.54) is 25.4 Å². The van der Waals surface area contributed by atoms with Gasteiger partial charge in [0.05, 0.1) is 23.3 Å². The van der Waals surface area contributed by atoms with Gasteiger partial charge in [-0.2, -0.15) is 5.10 Å². The molecule has 2 N–H and O–H groups in total. The SMILES string of the molecule is Cn1ncc(N2CC[C@@H](OC(=O)N[C@H]3CC[C@H](NS(=O)(=O)c4ccc(F)cc4)CC3)C2)c(Cl)c1=O. The normalized spacial score (nSPS) is 22.7. The number of hydrogen-bond acceptors (Lipinski definition) is 7. The monoisotopic (exact) mass is 527 g/mol. The number of halogens is 2. The summed E-state index contributed by atoms with van der Waals surface area (Å²) in [5, 5.41) is 6.94. The van der Waals surface area contributed by atoms with Crippen LogP contribution in [0.1, 0.15) is 32.1 Å². The first kappa shape index (κ1) is 25.4. The smallest absolute Gasteiger partial charge is 0.407 e. The third-order valence-electron chi connectivity index (χ3n) is 6.31. The van der Waals surface area contributed by atoms with E-state index in [1.807, 2.05) is 4.90 Å². The highest BCUT2D eigenvalue weighted by molar-refractivity contribution is 7.89. The van der Waals surface area contributed by atoms with E-state index in [1.54, 1.807) is 0 Å². The van der Waals surface area contributed by atoms with E-state index >= 15 is 0 Å². The molecule has 2 aromatic rings. The van der Waals surface area contributed by atoms with Gasteiger partial charge in [0.2, 0.25) is 10.0 Å².